The monoisotopic (exact) mass is 441 g/mol. The van der Waals surface area contributed by atoms with Gasteiger partial charge in [0.2, 0.25) is 0 Å². The summed E-state index contributed by atoms with van der Waals surface area (Å²) in [6, 6.07) is 11.6. The molecule has 3 heterocycles. The third-order valence-electron chi connectivity index (χ3n) is 4.65. The van der Waals surface area contributed by atoms with Crippen molar-refractivity contribution >= 4 is 39.1 Å². The number of nitrogens with zero attached hydrogens (tertiary/aromatic N) is 3. The zero-order chi connectivity index (χ0) is 22.1. The van der Waals surface area contributed by atoms with E-state index in [2.05, 4.69) is 15.4 Å². The third kappa shape index (κ3) is 3.89. The van der Waals surface area contributed by atoms with Crippen LogP contribution in [-0.4, -0.2) is 26.6 Å². The predicted octanol–water partition coefficient (Wildman–Crippen LogP) is 4.47. The van der Waals surface area contributed by atoms with Gasteiger partial charge >= 0.3 is 0 Å². The van der Waals surface area contributed by atoms with Crippen molar-refractivity contribution in [2.45, 2.75) is 19.9 Å². The Kier molecular flexibility index (Phi) is 5.47. The van der Waals surface area contributed by atoms with Crippen molar-refractivity contribution in [2.75, 3.05) is 5.32 Å². The van der Waals surface area contributed by atoms with Gasteiger partial charge in [-0.05, 0) is 30.2 Å². The van der Waals surface area contributed by atoms with E-state index in [0.717, 1.165) is 11.3 Å². The van der Waals surface area contributed by atoms with Gasteiger partial charge < -0.3 is 11.1 Å². The molecular formula is C21H17F2N5O2S. The molecular weight excluding hydrogens is 424 g/mol. The number of thiophene rings is 1. The minimum atomic E-state index is -2.80. The summed E-state index contributed by atoms with van der Waals surface area (Å²) >= 11 is 0.860. The number of hydrogen-bond acceptors (Lipinski definition) is 5. The van der Waals surface area contributed by atoms with Crippen molar-refractivity contribution in [3.05, 3.63) is 64.9 Å². The largest absolute Gasteiger partial charge is 0.365 e. The van der Waals surface area contributed by atoms with Gasteiger partial charge in [-0.2, -0.15) is 5.10 Å². The molecule has 0 unspecified atom stereocenters. The lowest BCUT2D eigenvalue weighted by molar-refractivity contribution is 0.100. The molecule has 4 rings (SSSR count). The number of carbonyl (C=O) groups is 2. The molecule has 0 spiro atoms. The number of carbonyl (C=O) groups excluding carboxylic acids is 2. The molecule has 3 aromatic heterocycles. The van der Waals surface area contributed by atoms with Gasteiger partial charge in [0.15, 0.2) is 5.69 Å². The highest BCUT2D eigenvalue weighted by molar-refractivity contribution is 7.21. The second-order valence-corrected chi connectivity index (χ2v) is 7.62. The van der Waals surface area contributed by atoms with Crippen molar-refractivity contribution in [3.63, 3.8) is 0 Å². The van der Waals surface area contributed by atoms with Crippen LogP contribution < -0.4 is 11.1 Å². The standard InChI is InChI=1S/C21H17F2N5O2S/c1-2-28-9-8-13(27-28)20(30)26-16-15-12(11-6-4-3-5-7-11)10-14(18(22)23)25-21(15)31-17(16)19(24)29/h3-10,18H,2H2,1H3,(H2,24,29)(H,26,30). The van der Waals surface area contributed by atoms with Crippen LogP contribution in [0.5, 0.6) is 0 Å². The molecule has 2 amide bonds. The number of pyridine rings is 1. The molecule has 0 aliphatic carbocycles. The van der Waals surface area contributed by atoms with Crippen LogP contribution in [0, 0.1) is 0 Å². The first-order valence-electron chi connectivity index (χ1n) is 9.34. The lowest BCUT2D eigenvalue weighted by atomic mass is 10.0. The summed E-state index contributed by atoms with van der Waals surface area (Å²) in [7, 11) is 0. The molecule has 31 heavy (non-hydrogen) atoms. The summed E-state index contributed by atoms with van der Waals surface area (Å²) in [5.74, 6) is -1.35. The van der Waals surface area contributed by atoms with Crippen molar-refractivity contribution in [1.82, 2.24) is 14.8 Å². The van der Waals surface area contributed by atoms with Gasteiger partial charge in [-0.25, -0.2) is 13.8 Å². The topological polar surface area (TPSA) is 103 Å². The second kappa shape index (κ2) is 8.23. The van der Waals surface area contributed by atoms with Crippen molar-refractivity contribution in [1.29, 1.82) is 0 Å². The Morgan fingerprint density at radius 2 is 1.97 bits per heavy atom. The molecule has 0 saturated carbocycles. The van der Waals surface area contributed by atoms with Gasteiger partial charge in [0, 0.05) is 18.1 Å². The highest BCUT2D eigenvalue weighted by atomic mass is 32.1. The van der Waals surface area contributed by atoms with Crippen LogP contribution in [0.3, 0.4) is 0 Å². The fraction of sp³-hybridized carbons (Fsp3) is 0.143. The summed E-state index contributed by atoms with van der Waals surface area (Å²) in [5, 5.41) is 7.23. The zero-order valence-corrected chi connectivity index (χ0v) is 17.1. The van der Waals surface area contributed by atoms with Crippen LogP contribution in [0.15, 0.2) is 48.7 Å². The number of rotatable bonds is 6. The first kappa shape index (κ1) is 20.6. The number of halogens is 2. The number of fused-ring (bicyclic) bond motifs is 1. The zero-order valence-electron chi connectivity index (χ0n) is 16.3. The Morgan fingerprint density at radius 1 is 1.23 bits per heavy atom. The first-order chi connectivity index (χ1) is 14.9. The Bertz CT molecular complexity index is 1280. The van der Waals surface area contributed by atoms with Gasteiger partial charge in [0.1, 0.15) is 15.4 Å². The van der Waals surface area contributed by atoms with Gasteiger partial charge in [-0.3, -0.25) is 14.3 Å². The molecule has 0 fully saturated rings. The van der Waals surface area contributed by atoms with E-state index in [-0.39, 0.29) is 21.1 Å². The van der Waals surface area contributed by atoms with Gasteiger partial charge in [-0.15, -0.1) is 11.3 Å². The molecule has 0 aliphatic rings. The average molecular weight is 441 g/mol. The quantitative estimate of drug-likeness (QED) is 0.461. The Labute approximate surface area is 179 Å². The molecule has 10 heteroatoms. The predicted molar refractivity (Wildman–Crippen MR) is 114 cm³/mol. The number of aryl methyl sites for hydroxylation is 1. The number of nitrogens with two attached hydrogens (primary N) is 1. The molecule has 0 atom stereocenters. The van der Waals surface area contributed by atoms with E-state index in [1.807, 2.05) is 6.92 Å². The third-order valence-corrected chi connectivity index (χ3v) is 5.75. The smallest absolute Gasteiger partial charge is 0.280 e. The highest BCUT2D eigenvalue weighted by Gasteiger charge is 2.25. The van der Waals surface area contributed by atoms with E-state index in [1.165, 1.54) is 6.07 Å². The van der Waals surface area contributed by atoms with Crippen LogP contribution >= 0.6 is 11.3 Å². The minimum Gasteiger partial charge on any atom is -0.365 e. The first-order valence-corrected chi connectivity index (χ1v) is 10.2. The summed E-state index contributed by atoms with van der Waals surface area (Å²) in [5.41, 5.74) is 6.44. The minimum absolute atomic E-state index is 0.0226. The van der Waals surface area contributed by atoms with E-state index < -0.39 is 23.9 Å². The molecule has 7 nitrogen and oxygen atoms in total. The number of aromatic nitrogens is 3. The Balaban J connectivity index is 1.93. The van der Waals surface area contributed by atoms with Crippen LogP contribution in [0.2, 0.25) is 0 Å². The van der Waals surface area contributed by atoms with Gasteiger partial charge in [0.25, 0.3) is 18.2 Å². The summed E-state index contributed by atoms with van der Waals surface area (Å²) in [6.07, 6.45) is -1.15. The van der Waals surface area contributed by atoms with Crippen LogP contribution in [0.4, 0.5) is 14.5 Å². The number of alkyl halides is 2. The SMILES string of the molecule is CCn1ccc(C(=O)Nc2c(C(N)=O)sc3nc(C(F)F)cc(-c4ccccc4)c23)n1. The molecule has 158 valence electrons. The normalized spacial score (nSPS) is 11.2. The maximum absolute atomic E-state index is 13.5. The Hall–Kier alpha value is -3.66. The van der Waals surface area contributed by atoms with E-state index in [4.69, 9.17) is 5.73 Å². The van der Waals surface area contributed by atoms with E-state index in [9.17, 15) is 18.4 Å². The number of benzene rings is 1. The highest BCUT2D eigenvalue weighted by Crippen LogP contribution is 2.42. The van der Waals surface area contributed by atoms with Crippen molar-refractivity contribution in [3.8, 4) is 11.1 Å². The summed E-state index contributed by atoms with van der Waals surface area (Å²) < 4.78 is 28.6. The maximum atomic E-state index is 13.5. The van der Waals surface area contributed by atoms with E-state index in [0.29, 0.717) is 23.1 Å². The van der Waals surface area contributed by atoms with Crippen LogP contribution in [0.1, 0.15) is 39.2 Å². The average Bonchev–Trinajstić information content (AvgIpc) is 3.39. The number of primary amides is 1. The van der Waals surface area contributed by atoms with Gasteiger partial charge in [-0.1, -0.05) is 30.3 Å². The number of hydrogen-bond donors (Lipinski definition) is 2. The molecule has 0 aliphatic heterocycles. The lowest BCUT2D eigenvalue weighted by Crippen LogP contribution is -2.17. The molecule has 1 aromatic carbocycles. The fourth-order valence-electron chi connectivity index (χ4n) is 3.20. The molecule has 4 aromatic rings. The maximum Gasteiger partial charge on any atom is 0.280 e. The molecule has 0 radical (unpaired) electrons. The molecule has 3 N–H and O–H groups in total. The molecule has 0 bridgehead atoms. The van der Waals surface area contributed by atoms with Crippen LogP contribution in [-0.2, 0) is 6.54 Å². The number of amides is 2. The summed E-state index contributed by atoms with van der Waals surface area (Å²) in [6.45, 7) is 2.46. The van der Waals surface area contributed by atoms with E-state index >= 15 is 0 Å². The fourth-order valence-corrected chi connectivity index (χ4v) is 4.22. The number of nitrogens with one attached hydrogen (secondary N) is 1. The summed E-state index contributed by atoms with van der Waals surface area (Å²) in [4.78, 5) is 29.1. The van der Waals surface area contributed by atoms with Crippen molar-refractivity contribution < 1.29 is 18.4 Å². The second-order valence-electron chi connectivity index (χ2n) is 6.62. The van der Waals surface area contributed by atoms with E-state index in [1.54, 1.807) is 47.3 Å². The van der Waals surface area contributed by atoms with Crippen molar-refractivity contribution in [2.24, 2.45) is 5.73 Å². The Morgan fingerprint density at radius 3 is 2.58 bits per heavy atom. The molecule has 0 saturated heterocycles. The lowest BCUT2D eigenvalue weighted by Gasteiger charge is -2.10. The number of anilines is 1. The van der Waals surface area contributed by atoms with Gasteiger partial charge in [0.05, 0.1) is 5.69 Å². The van der Waals surface area contributed by atoms with Crippen LogP contribution in [0.25, 0.3) is 21.3 Å².